The van der Waals surface area contributed by atoms with Crippen molar-refractivity contribution >= 4 is 54.5 Å². The first-order chi connectivity index (χ1) is 30.2. The van der Waals surface area contributed by atoms with E-state index in [-0.39, 0.29) is 0 Å². The molecule has 0 unspecified atom stereocenters. The van der Waals surface area contributed by atoms with Gasteiger partial charge in [0.2, 0.25) is 0 Å². The molecule has 0 saturated heterocycles. The number of nitrogens with zero attached hydrogens (tertiary/aromatic N) is 3. The molecule has 284 valence electrons. The van der Waals surface area contributed by atoms with Gasteiger partial charge in [0.1, 0.15) is 11.2 Å². The van der Waals surface area contributed by atoms with Crippen LogP contribution in [0.1, 0.15) is 0 Å². The first-order valence-electron chi connectivity index (χ1n) is 20.6. The lowest BCUT2D eigenvalue weighted by Crippen LogP contribution is -1.95. The molecule has 4 nitrogen and oxygen atoms in total. The van der Waals surface area contributed by atoms with Crippen LogP contribution in [0.3, 0.4) is 0 Å². The van der Waals surface area contributed by atoms with Gasteiger partial charge in [0, 0.05) is 54.6 Å². The Morgan fingerprint density at radius 2 is 0.787 bits per heavy atom. The molecule has 0 atom stereocenters. The summed E-state index contributed by atoms with van der Waals surface area (Å²) >= 11 is 0. The number of rotatable bonds is 6. The third-order valence-electron chi connectivity index (χ3n) is 11.8. The summed E-state index contributed by atoms with van der Waals surface area (Å²) in [5.41, 5.74) is 15.2. The zero-order chi connectivity index (χ0) is 40.3. The third kappa shape index (κ3) is 5.96. The van der Waals surface area contributed by atoms with Gasteiger partial charge < -0.3 is 4.42 Å². The lowest BCUT2D eigenvalue weighted by molar-refractivity contribution is 0.669. The van der Waals surface area contributed by atoms with E-state index in [1.54, 1.807) is 0 Å². The van der Waals surface area contributed by atoms with Crippen LogP contribution in [0.25, 0.3) is 122 Å². The van der Waals surface area contributed by atoms with E-state index in [9.17, 15) is 0 Å². The summed E-state index contributed by atoms with van der Waals surface area (Å²) in [5, 5.41) is 6.56. The van der Waals surface area contributed by atoms with Gasteiger partial charge in [-0.1, -0.05) is 176 Å². The number of pyridine rings is 1. The fourth-order valence-electron chi connectivity index (χ4n) is 8.99. The van der Waals surface area contributed by atoms with Crippen molar-refractivity contribution in [3.05, 3.63) is 212 Å². The van der Waals surface area contributed by atoms with Crippen LogP contribution in [-0.4, -0.2) is 15.0 Å². The monoisotopic (exact) mass is 777 g/mol. The van der Waals surface area contributed by atoms with Gasteiger partial charge in [0.15, 0.2) is 5.82 Å². The van der Waals surface area contributed by atoms with Crippen molar-refractivity contribution in [2.45, 2.75) is 0 Å². The largest absolute Gasteiger partial charge is 0.456 e. The van der Waals surface area contributed by atoms with E-state index >= 15 is 0 Å². The molecule has 0 N–H and O–H groups in total. The van der Waals surface area contributed by atoms with Crippen molar-refractivity contribution in [2.75, 3.05) is 0 Å². The smallest absolute Gasteiger partial charge is 0.160 e. The second-order valence-electron chi connectivity index (χ2n) is 15.5. The van der Waals surface area contributed by atoms with Gasteiger partial charge in [-0.25, -0.2) is 15.0 Å². The van der Waals surface area contributed by atoms with Crippen LogP contribution in [0.4, 0.5) is 0 Å². The van der Waals surface area contributed by atoms with Crippen LogP contribution in [0, 0.1) is 0 Å². The zero-order valence-electron chi connectivity index (χ0n) is 33.0. The minimum atomic E-state index is 0.698. The van der Waals surface area contributed by atoms with E-state index in [1.807, 2.05) is 18.2 Å². The molecular weight excluding hydrogens is 743 g/mol. The van der Waals surface area contributed by atoms with Gasteiger partial charge in [0.25, 0.3) is 0 Å². The van der Waals surface area contributed by atoms with Crippen LogP contribution in [0.5, 0.6) is 0 Å². The minimum absolute atomic E-state index is 0.698. The number of aromatic nitrogens is 3. The molecule has 3 heterocycles. The molecule has 9 aromatic carbocycles. The Morgan fingerprint density at radius 3 is 1.49 bits per heavy atom. The van der Waals surface area contributed by atoms with E-state index in [1.165, 1.54) is 10.9 Å². The van der Waals surface area contributed by atoms with E-state index in [0.29, 0.717) is 5.82 Å². The molecule has 0 fully saturated rings. The van der Waals surface area contributed by atoms with Gasteiger partial charge in [-0.2, -0.15) is 0 Å². The van der Waals surface area contributed by atoms with Crippen molar-refractivity contribution < 1.29 is 4.42 Å². The lowest BCUT2D eigenvalue weighted by Gasteiger charge is -2.16. The summed E-state index contributed by atoms with van der Waals surface area (Å²) in [7, 11) is 0. The predicted octanol–water partition coefficient (Wildman–Crippen LogP) is 15.2. The normalized spacial score (nSPS) is 11.6. The third-order valence-corrected chi connectivity index (χ3v) is 11.8. The maximum Gasteiger partial charge on any atom is 0.160 e. The Kier molecular flexibility index (Phi) is 8.13. The zero-order valence-corrected chi connectivity index (χ0v) is 33.0. The molecule has 0 amide bonds. The summed E-state index contributed by atoms with van der Waals surface area (Å²) in [4.78, 5) is 15.7. The van der Waals surface area contributed by atoms with E-state index in [0.717, 1.165) is 105 Å². The minimum Gasteiger partial charge on any atom is -0.456 e. The highest BCUT2D eigenvalue weighted by atomic mass is 16.3. The molecule has 12 rings (SSSR count). The molecule has 0 aliphatic rings. The Morgan fingerprint density at radius 1 is 0.279 bits per heavy atom. The van der Waals surface area contributed by atoms with Gasteiger partial charge >= 0.3 is 0 Å². The Balaban J connectivity index is 1.01. The number of fused-ring (bicyclic) bond motifs is 7. The summed E-state index contributed by atoms with van der Waals surface area (Å²) in [6, 6.07) is 74.4. The maximum atomic E-state index is 6.63. The highest BCUT2D eigenvalue weighted by Crippen LogP contribution is 2.46. The molecule has 4 heteroatoms. The highest BCUT2D eigenvalue weighted by Gasteiger charge is 2.22. The Hall–Kier alpha value is -8.21. The summed E-state index contributed by atoms with van der Waals surface area (Å²) in [6.45, 7) is 0. The maximum absolute atomic E-state index is 6.63. The van der Waals surface area contributed by atoms with Crippen LogP contribution >= 0.6 is 0 Å². The second-order valence-corrected chi connectivity index (χ2v) is 15.5. The van der Waals surface area contributed by atoms with Crippen molar-refractivity contribution in [1.29, 1.82) is 0 Å². The summed E-state index contributed by atoms with van der Waals surface area (Å²) in [5.74, 6) is 0.698. The molecule has 0 aliphatic heterocycles. The van der Waals surface area contributed by atoms with Gasteiger partial charge in [0.05, 0.1) is 22.4 Å². The van der Waals surface area contributed by atoms with Crippen molar-refractivity contribution in [3.63, 3.8) is 0 Å². The average Bonchev–Trinajstić information content (AvgIpc) is 3.71. The average molecular weight is 778 g/mol. The SMILES string of the molecule is c1ccc(-c2ccc(-c3nc(-c4cccc(-c5cccc(-c6nc7ccccc7c7c(-c8ccccc8)c8c(cc67)oc6ccccc68)c5)c4)c4ccccc4n3)cc2)cc1. The van der Waals surface area contributed by atoms with E-state index in [4.69, 9.17) is 19.4 Å². The molecule has 0 spiro atoms. The summed E-state index contributed by atoms with van der Waals surface area (Å²) in [6.07, 6.45) is 0. The van der Waals surface area contributed by atoms with E-state index in [2.05, 4.69) is 194 Å². The molecule has 61 heavy (non-hydrogen) atoms. The van der Waals surface area contributed by atoms with Crippen LogP contribution in [0.15, 0.2) is 217 Å². The van der Waals surface area contributed by atoms with E-state index < -0.39 is 0 Å². The fraction of sp³-hybridized carbons (Fsp3) is 0. The predicted molar refractivity (Wildman–Crippen MR) is 252 cm³/mol. The number of hydrogen-bond acceptors (Lipinski definition) is 4. The second kappa shape index (κ2) is 14.3. The standard InChI is InChI=1S/C57H35N3O/c1-3-15-36(16-4-1)37-29-31-39(32-30-37)57-59-49-27-11-8-24-45(49)55(60-57)42-21-13-19-40(33-42)41-20-14-22-43(34-41)56-47-35-51-54(46-25-9-12-28-50(46)61-51)52(38-17-5-2-6-18-38)53(47)44-23-7-10-26-48(44)58-56/h1-35H. The fourth-order valence-corrected chi connectivity index (χ4v) is 8.99. The molecule has 0 radical (unpaired) electrons. The van der Waals surface area contributed by atoms with Crippen molar-refractivity contribution in [2.24, 2.45) is 0 Å². The van der Waals surface area contributed by atoms with Crippen LogP contribution < -0.4 is 0 Å². The highest BCUT2D eigenvalue weighted by molar-refractivity contribution is 6.27. The number of benzene rings is 9. The van der Waals surface area contributed by atoms with Gasteiger partial charge in [-0.15, -0.1) is 0 Å². The first kappa shape index (κ1) is 34.8. The lowest BCUT2D eigenvalue weighted by atomic mass is 9.89. The number of para-hydroxylation sites is 3. The molecule has 0 saturated carbocycles. The molecule has 3 aromatic heterocycles. The first-order valence-corrected chi connectivity index (χ1v) is 20.6. The van der Waals surface area contributed by atoms with Crippen molar-refractivity contribution in [1.82, 2.24) is 15.0 Å². The number of furan rings is 1. The number of hydrogen-bond donors (Lipinski definition) is 0. The quantitative estimate of drug-likeness (QED) is 0.158. The van der Waals surface area contributed by atoms with Crippen LogP contribution in [0.2, 0.25) is 0 Å². The molecule has 0 bridgehead atoms. The topological polar surface area (TPSA) is 51.8 Å². The summed E-state index contributed by atoms with van der Waals surface area (Å²) < 4.78 is 6.63. The van der Waals surface area contributed by atoms with Crippen molar-refractivity contribution in [3.8, 4) is 67.3 Å². The van der Waals surface area contributed by atoms with Crippen LogP contribution in [-0.2, 0) is 0 Å². The molecular formula is C57H35N3O. The molecule has 0 aliphatic carbocycles. The Labute approximate surface area is 352 Å². The molecule has 12 aromatic rings. The van der Waals surface area contributed by atoms with Gasteiger partial charge in [-0.05, 0) is 64.2 Å². The van der Waals surface area contributed by atoms with Gasteiger partial charge in [-0.3, -0.25) is 0 Å². The Bertz CT molecular complexity index is 3630.